The number of para-hydroxylation sites is 1. The number of aliphatic hydroxyl groups is 1. The van der Waals surface area contributed by atoms with Crippen LogP contribution in [-0.2, 0) is 10.5 Å². The Bertz CT molecular complexity index is 894. The largest absolute Gasteiger partial charge is 0.497 e. The summed E-state index contributed by atoms with van der Waals surface area (Å²) in [5.74, 6) is 0.0280. The maximum Gasteiger partial charge on any atom is 0.329 e. The number of ether oxygens (including phenoxy) is 1. The summed E-state index contributed by atoms with van der Waals surface area (Å²) in [5.41, 5.74) is -0.979. The molecular weight excluding hydrogens is 346 g/mol. The van der Waals surface area contributed by atoms with Gasteiger partial charge < -0.3 is 20.1 Å². The number of methoxy groups -OCH3 is 1. The topological polar surface area (TPSA) is 82.1 Å². The van der Waals surface area contributed by atoms with E-state index in [2.05, 4.69) is 5.32 Å². The molecular formula is C20H21N3O4. The van der Waals surface area contributed by atoms with Crippen LogP contribution in [0.3, 0.4) is 0 Å². The summed E-state index contributed by atoms with van der Waals surface area (Å²) in [6, 6.07) is 13.0. The lowest BCUT2D eigenvalue weighted by Gasteiger charge is -2.44. The number of likely N-dealkylation sites (tertiary alicyclic amines) is 1. The summed E-state index contributed by atoms with van der Waals surface area (Å²) in [4.78, 5) is 29.1. The van der Waals surface area contributed by atoms with Crippen molar-refractivity contribution in [2.24, 2.45) is 0 Å². The minimum absolute atomic E-state index is 0.351. The first-order chi connectivity index (χ1) is 13.1. The van der Waals surface area contributed by atoms with Crippen LogP contribution in [0, 0.1) is 0 Å². The summed E-state index contributed by atoms with van der Waals surface area (Å²) in [7, 11) is 1.52. The Morgan fingerprint density at radius 2 is 1.89 bits per heavy atom. The molecule has 1 saturated heterocycles. The third-order valence-corrected chi connectivity index (χ3v) is 5.07. The number of carbonyl (C=O) groups excluding carboxylic acids is 2. The van der Waals surface area contributed by atoms with Crippen LogP contribution < -0.4 is 15.0 Å². The summed E-state index contributed by atoms with van der Waals surface area (Å²) < 4.78 is 5.24. The van der Waals surface area contributed by atoms with Gasteiger partial charge in [0, 0.05) is 24.7 Å². The van der Waals surface area contributed by atoms with Gasteiger partial charge in [-0.1, -0.05) is 24.3 Å². The van der Waals surface area contributed by atoms with Crippen LogP contribution in [0.5, 0.6) is 5.75 Å². The zero-order valence-corrected chi connectivity index (χ0v) is 15.0. The highest BCUT2D eigenvalue weighted by Crippen LogP contribution is 2.41. The van der Waals surface area contributed by atoms with Crippen LogP contribution in [-0.4, -0.2) is 42.1 Å². The zero-order valence-electron chi connectivity index (χ0n) is 15.0. The highest BCUT2D eigenvalue weighted by atomic mass is 16.5. The normalized spacial score (nSPS) is 21.6. The molecule has 3 amide bonds. The van der Waals surface area contributed by atoms with Gasteiger partial charge in [0.2, 0.25) is 0 Å². The molecule has 0 radical (unpaired) electrons. The molecule has 2 aromatic rings. The van der Waals surface area contributed by atoms with Gasteiger partial charge in [0.1, 0.15) is 5.75 Å². The van der Waals surface area contributed by atoms with Crippen molar-refractivity contribution in [3.05, 3.63) is 54.1 Å². The van der Waals surface area contributed by atoms with Gasteiger partial charge in [0.15, 0.2) is 0 Å². The number of nitrogens with zero attached hydrogens (tertiary/aromatic N) is 2. The Morgan fingerprint density at radius 3 is 2.63 bits per heavy atom. The van der Waals surface area contributed by atoms with Gasteiger partial charge >= 0.3 is 6.03 Å². The Balaban J connectivity index is 1.89. The van der Waals surface area contributed by atoms with Crippen molar-refractivity contribution in [2.45, 2.75) is 18.6 Å². The van der Waals surface area contributed by atoms with E-state index in [1.54, 1.807) is 53.4 Å². The molecule has 4 rings (SSSR count). The van der Waals surface area contributed by atoms with Crippen LogP contribution in [0.4, 0.5) is 16.2 Å². The highest BCUT2D eigenvalue weighted by Gasteiger charge is 2.53. The summed E-state index contributed by atoms with van der Waals surface area (Å²) in [5, 5.41) is 14.5. The quantitative estimate of drug-likeness (QED) is 0.873. The van der Waals surface area contributed by atoms with Crippen LogP contribution in [0.15, 0.2) is 48.5 Å². The zero-order chi connectivity index (χ0) is 19.0. The molecule has 2 aromatic carbocycles. The number of hydrogen-bond acceptors (Lipinski definition) is 4. The van der Waals surface area contributed by atoms with E-state index < -0.39 is 17.7 Å². The van der Waals surface area contributed by atoms with Crippen molar-refractivity contribution in [3.63, 3.8) is 0 Å². The Morgan fingerprint density at radius 1 is 1.15 bits per heavy atom. The number of urea groups is 1. The fourth-order valence-corrected chi connectivity index (χ4v) is 3.74. The van der Waals surface area contributed by atoms with E-state index in [1.807, 2.05) is 0 Å². The molecule has 2 N–H and O–H groups in total. The van der Waals surface area contributed by atoms with Gasteiger partial charge in [-0.25, -0.2) is 4.79 Å². The molecule has 140 valence electrons. The van der Waals surface area contributed by atoms with Crippen LogP contribution in [0.25, 0.3) is 0 Å². The number of carbonyl (C=O) groups is 2. The van der Waals surface area contributed by atoms with E-state index in [1.165, 1.54) is 7.11 Å². The van der Waals surface area contributed by atoms with Crippen molar-refractivity contribution in [1.82, 2.24) is 4.90 Å². The van der Waals surface area contributed by atoms with Gasteiger partial charge in [-0.2, -0.15) is 0 Å². The second-order valence-electron chi connectivity index (χ2n) is 6.68. The Hall–Kier alpha value is -3.06. The predicted octanol–water partition coefficient (Wildman–Crippen LogP) is 2.51. The molecule has 0 aliphatic carbocycles. The van der Waals surface area contributed by atoms with Gasteiger partial charge in [-0.05, 0) is 31.0 Å². The maximum absolute atomic E-state index is 13.4. The molecule has 1 atom stereocenters. The van der Waals surface area contributed by atoms with E-state index in [9.17, 15) is 14.7 Å². The van der Waals surface area contributed by atoms with Crippen molar-refractivity contribution in [1.29, 1.82) is 0 Å². The summed E-state index contributed by atoms with van der Waals surface area (Å²) in [6.07, 6.45) is 1.77. The van der Waals surface area contributed by atoms with E-state index >= 15 is 0 Å². The first-order valence-electron chi connectivity index (χ1n) is 8.92. The minimum Gasteiger partial charge on any atom is -0.497 e. The number of fused-ring (bicyclic) bond motifs is 1. The second kappa shape index (κ2) is 6.59. The van der Waals surface area contributed by atoms with Gasteiger partial charge in [0.05, 0.1) is 18.5 Å². The third kappa shape index (κ3) is 2.71. The average Bonchev–Trinajstić information content (AvgIpc) is 3.22. The number of hydrogen-bond donors (Lipinski definition) is 2. The lowest BCUT2D eigenvalue weighted by molar-refractivity contribution is -0.150. The van der Waals surface area contributed by atoms with Crippen molar-refractivity contribution >= 4 is 23.3 Å². The lowest BCUT2D eigenvalue weighted by atomic mass is 9.94. The smallest absolute Gasteiger partial charge is 0.329 e. The molecule has 1 unspecified atom stereocenters. The van der Waals surface area contributed by atoms with E-state index in [0.29, 0.717) is 35.8 Å². The Labute approximate surface area is 157 Å². The number of rotatable bonds is 3. The first kappa shape index (κ1) is 17.4. The number of benzene rings is 2. The van der Waals surface area contributed by atoms with E-state index in [0.717, 1.165) is 17.7 Å². The highest BCUT2D eigenvalue weighted by molar-refractivity contribution is 6.11. The van der Waals surface area contributed by atoms with Gasteiger partial charge in [0.25, 0.3) is 11.6 Å². The first-order valence-corrected chi connectivity index (χ1v) is 8.92. The van der Waals surface area contributed by atoms with Gasteiger partial charge in [-0.3, -0.25) is 9.69 Å². The lowest BCUT2D eigenvalue weighted by Crippen LogP contribution is -2.62. The predicted molar refractivity (Wildman–Crippen MR) is 101 cm³/mol. The molecule has 2 aliphatic heterocycles. The molecule has 2 aliphatic rings. The minimum atomic E-state index is -2.13. The molecule has 0 spiro atoms. The van der Waals surface area contributed by atoms with E-state index in [-0.39, 0.29) is 0 Å². The molecule has 27 heavy (non-hydrogen) atoms. The van der Waals surface area contributed by atoms with Gasteiger partial charge in [-0.15, -0.1) is 0 Å². The molecule has 0 bridgehead atoms. The fourth-order valence-electron chi connectivity index (χ4n) is 3.74. The number of nitrogens with one attached hydrogen (secondary N) is 1. The van der Waals surface area contributed by atoms with E-state index in [4.69, 9.17) is 4.74 Å². The summed E-state index contributed by atoms with van der Waals surface area (Å²) in [6.45, 7) is 1.13. The molecule has 7 heteroatoms. The molecule has 0 saturated carbocycles. The Kier molecular flexibility index (Phi) is 4.24. The molecule has 7 nitrogen and oxygen atoms in total. The van der Waals surface area contributed by atoms with Crippen LogP contribution in [0.1, 0.15) is 18.4 Å². The van der Waals surface area contributed by atoms with Crippen molar-refractivity contribution in [2.75, 3.05) is 30.4 Å². The molecule has 0 aromatic heterocycles. The maximum atomic E-state index is 13.4. The third-order valence-electron chi connectivity index (χ3n) is 5.07. The molecule has 2 heterocycles. The van der Waals surface area contributed by atoms with Crippen molar-refractivity contribution < 1.29 is 19.4 Å². The fraction of sp³-hybridized carbons (Fsp3) is 0.300. The second-order valence-corrected chi connectivity index (χ2v) is 6.68. The van der Waals surface area contributed by atoms with Crippen LogP contribution >= 0.6 is 0 Å². The monoisotopic (exact) mass is 367 g/mol. The SMILES string of the molecule is COc1cccc(N2C(=O)Nc3ccccc3C2(O)C(=O)N2CCCC2)c1. The molecule has 1 fully saturated rings. The van der Waals surface area contributed by atoms with Crippen molar-refractivity contribution in [3.8, 4) is 5.75 Å². The standard InChI is InChI=1S/C20H21N3O4/c1-27-15-8-6-7-14(13-15)23-19(25)21-17-10-3-2-9-16(17)20(23,26)18(24)22-11-4-5-12-22/h2-3,6-10,13,26H,4-5,11-12H2,1H3,(H,21,25). The number of amides is 3. The summed E-state index contributed by atoms with van der Waals surface area (Å²) >= 11 is 0. The average molecular weight is 367 g/mol. The number of anilines is 2. The van der Waals surface area contributed by atoms with Crippen LogP contribution in [0.2, 0.25) is 0 Å².